The molecule has 0 aromatic rings. The number of nitrogens with one attached hydrogen (secondary N) is 1. The maximum absolute atomic E-state index is 11.3. The Morgan fingerprint density at radius 1 is 1.56 bits per heavy atom. The molecule has 4 atom stereocenters. The molecular formula is C9H15NO6. The monoisotopic (exact) mass is 233 g/mol. The van der Waals surface area contributed by atoms with Crippen LogP contribution in [0.15, 0.2) is 0 Å². The van der Waals surface area contributed by atoms with Crippen molar-refractivity contribution in [1.82, 2.24) is 5.32 Å². The standard InChI is InChI=1S/C9H15NO6/c1-2-3-10-8(14)6(13)7-4(11)5(12)9(15)16-7/h4-7,11-13H,2-3H2,1H3,(H,10,14)/t4-,5+,6-,7+/m1/s1. The van der Waals surface area contributed by atoms with E-state index in [2.05, 4.69) is 10.1 Å². The minimum atomic E-state index is -1.71. The van der Waals surface area contributed by atoms with Crippen molar-refractivity contribution in [3.05, 3.63) is 0 Å². The summed E-state index contributed by atoms with van der Waals surface area (Å²) >= 11 is 0. The SMILES string of the molecule is CCCNC(=O)[C@H](O)[C@H]1OC(=O)[C@@H](O)[C@H]1O. The van der Waals surface area contributed by atoms with Crippen molar-refractivity contribution in [2.75, 3.05) is 6.54 Å². The van der Waals surface area contributed by atoms with Gasteiger partial charge in [-0.1, -0.05) is 6.92 Å². The summed E-state index contributed by atoms with van der Waals surface area (Å²) in [6.07, 6.45) is -5.70. The molecule has 0 spiro atoms. The molecule has 0 saturated carbocycles. The predicted molar refractivity (Wildman–Crippen MR) is 51.2 cm³/mol. The van der Waals surface area contributed by atoms with Gasteiger partial charge in [0.1, 0.15) is 6.10 Å². The number of hydrogen-bond acceptors (Lipinski definition) is 6. The lowest BCUT2D eigenvalue weighted by molar-refractivity contribution is -0.153. The molecule has 0 unspecified atom stereocenters. The quantitative estimate of drug-likeness (QED) is 0.400. The summed E-state index contributed by atoms with van der Waals surface area (Å²) in [4.78, 5) is 22.2. The van der Waals surface area contributed by atoms with Crippen molar-refractivity contribution >= 4 is 11.9 Å². The second-order valence-electron chi connectivity index (χ2n) is 3.57. The minimum absolute atomic E-state index is 0.370. The highest BCUT2D eigenvalue weighted by molar-refractivity contribution is 5.84. The number of cyclic esters (lactones) is 1. The fourth-order valence-corrected chi connectivity index (χ4v) is 1.35. The van der Waals surface area contributed by atoms with Gasteiger partial charge in [0, 0.05) is 6.54 Å². The Morgan fingerprint density at radius 2 is 2.19 bits per heavy atom. The molecule has 1 amide bonds. The molecule has 1 rings (SSSR count). The van der Waals surface area contributed by atoms with E-state index in [0.29, 0.717) is 13.0 Å². The first-order chi connectivity index (χ1) is 7.49. The number of ether oxygens (including phenoxy) is 1. The molecule has 0 radical (unpaired) electrons. The Bertz CT molecular complexity index is 281. The smallest absolute Gasteiger partial charge is 0.338 e. The summed E-state index contributed by atoms with van der Waals surface area (Å²) < 4.78 is 4.50. The highest BCUT2D eigenvalue weighted by atomic mass is 16.6. The van der Waals surface area contributed by atoms with Crippen LogP contribution in [0, 0.1) is 0 Å². The van der Waals surface area contributed by atoms with E-state index >= 15 is 0 Å². The van der Waals surface area contributed by atoms with Crippen molar-refractivity contribution < 1.29 is 29.6 Å². The summed E-state index contributed by atoms with van der Waals surface area (Å²) in [5.41, 5.74) is 0. The maximum Gasteiger partial charge on any atom is 0.338 e. The number of esters is 1. The van der Waals surface area contributed by atoms with E-state index in [1.54, 1.807) is 0 Å². The largest absolute Gasteiger partial charge is 0.454 e. The zero-order valence-electron chi connectivity index (χ0n) is 8.79. The highest BCUT2D eigenvalue weighted by Crippen LogP contribution is 2.19. The molecule has 16 heavy (non-hydrogen) atoms. The first-order valence-electron chi connectivity index (χ1n) is 5.01. The lowest BCUT2D eigenvalue weighted by Gasteiger charge is -2.19. The third kappa shape index (κ3) is 2.49. The molecular weight excluding hydrogens is 218 g/mol. The zero-order valence-corrected chi connectivity index (χ0v) is 8.79. The summed E-state index contributed by atoms with van der Waals surface area (Å²) in [5.74, 6) is -1.78. The van der Waals surface area contributed by atoms with Gasteiger partial charge < -0.3 is 25.4 Å². The summed E-state index contributed by atoms with van der Waals surface area (Å²) in [5, 5.41) is 30.3. The first kappa shape index (κ1) is 12.9. The zero-order chi connectivity index (χ0) is 12.3. The lowest BCUT2D eigenvalue weighted by Crippen LogP contribution is -2.47. The summed E-state index contributed by atoms with van der Waals surface area (Å²) in [7, 11) is 0. The van der Waals surface area contributed by atoms with Crippen molar-refractivity contribution in [1.29, 1.82) is 0 Å². The average Bonchev–Trinajstić information content (AvgIpc) is 2.52. The van der Waals surface area contributed by atoms with Crippen LogP contribution in [0.4, 0.5) is 0 Å². The normalized spacial score (nSPS) is 31.0. The number of hydrogen-bond donors (Lipinski definition) is 4. The van der Waals surface area contributed by atoms with Crippen LogP contribution in [0.25, 0.3) is 0 Å². The van der Waals surface area contributed by atoms with E-state index < -0.39 is 36.3 Å². The Labute approximate surface area is 92.0 Å². The molecule has 92 valence electrons. The van der Waals surface area contributed by atoms with Gasteiger partial charge in [-0.2, -0.15) is 0 Å². The Kier molecular flexibility index (Phi) is 4.22. The van der Waals surface area contributed by atoms with Gasteiger partial charge in [0.2, 0.25) is 0 Å². The van der Waals surface area contributed by atoms with Crippen LogP contribution in [0.2, 0.25) is 0 Å². The van der Waals surface area contributed by atoms with Gasteiger partial charge in [0.05, 0.1) is 0 Å². The molecule has 4 N–H and O–H groups in total. The molecule has 1 saturated heterocycles. The molecule has 1 aliphatic rings. The Hall–Kier alpha value is -1.18. The van der Waals surface area contributed by atoms with Gasteiger partial charge in [0.25, 0.3) is 5.91 Å². The minimum Gasteiger partial charge on any atom is -0.454 e. The topological polar surface area (TPSA) is 116 Å². The number of rotatable bonds is 4. The molecule has 0 bridgehead atoms. The first-order valence-corrected chi connectivity index (χ1v) is 5.01. The number of aliphatic hydroxyl groups is 3. The molecule has 0 aromatic carbocycles. The van der Waals surface area contributed by atoms with Gasteiger partial charge in [-0.15, -0.1) is 0 Å². The van der Waals surface area contributed by atoms with E-state index in [-0.39, 0.29) is 0 Å². The number of aliphatic hydroxyl groups excluding tert-OH is 3. The highest BCUT2D eigenvalue weighted by Gasteiger charge is 2.48. The van der Waals surface area contributed by atoms with E-state index in [1.165, 1.54) is 0 Å². The molecule has 1 aliphatic heterocycles. The van der Waals surface area contributed by atoms with Gasteiger partial charge in [-0.05, 0) is 6.42 Å². The van der Waals surface area contributed by atoms with E-state index in [1.807, 2.05) is 6.92 Å². The van der Waals surface area contributed by atoms with Crippen LogP contribution in [0.3, 0.4) is 0 Å². The Balaban J connectivity index is 2.57. The van der Waals surface area contributed by atoms with Gasteiger partial charge in [0.15, 0.2) is 18.3 Å². The van der Waals surface area contributed by atoms with E-state index in [4.69, 9.17) is 5.11 Å². The predicted octanol–water partition coefficient (Wildman–Crippen LogP) is -2.48. The molecule has 7 nitrogen and oxygen atoms in total. The van der Waals surface area contributed by atoms with Crippen molar-refractivity contribution in [2.45, 2.75) is 37.8 Å². The average molecular weight is 233 g/mol. The number of amides is 1. The summed E-state index contributed by atoms with van der Waals surface area (Å²) in [6.45, 7) is 2.20. The second kappa shape index (κ2) is 5.24. The number of carbonyl (C=O) groups is 2. The number of carbonyl (C=O) groups excluding carboxylic acids is 2. The molecule has 1 heterocycles. The second-order valence-corrected chi connectivity index (χ2v) is 3.57. The molecule has 0 aliphatic carbocycles. The summed E-state index contributed by atoms with van der Waals surface area (Å²) in [6, 6.07) is 0. The van der Waals surface area contributed by atoms with Gasteiger partial charge in [-0.25, -0.2) is 4.79 Å². The van der Waals surface area contributed by atoms with Crippen LogP contribution < -0.4 is 5.32 Å². The fourth-order valence-electron chi connectivity index (χ4n) is 1.35. The van der Waals surface area contributed by atoms with Crippen molar-refractivity contribution in [2.24, 2.45) is 0 Å². The fraction of sp³-hybridized carbons (Fsp3) is 0.778. The van der Waals surface area contributed by atoms with Crippen LogP contribution in [0.5, 0.6) is 0 Å². The van der Waals surface area contributed by atoms with Gasteiger partial charge in [-0.3, -0.25) is 4.79 Å². The Morgan fingerprint density at radius 3 is 2.62 bits per heavy atom. The van der Waals surface area contributed by atoms with Gasteiger partial charge >= 0.3 is 5.97 Å². The lowest BCUT2D eigenvalue weighted by atomic mass is 10.1. The van der Waals surface area contributed by atoms with Crippen molar-refractivity contribution in [3.8, 4) is 0 Å². The molecule has 1 fully saturated rings. The van der Waals surface area contributed by atoms with Crippen molar-refractivity contribution in [3.63, 3.8) is 0 Å². The molecule has 0 aromatic heterocycles. The van der Waals surface area contributed by atoms with Crippen LogP contribution in [0.1, 0.15) is 13.3 Å². The van der Waals surface area contributed by atoms with Crippen LogP contribution in [-0.2, 0) is 14.3 Å². The van der Waals surface area contributed by atoms with E-state index in [9.17, 15) is 19.8 Å². The van der Waals surface area contributed by atoms with Crippen LogP contribution >= 0.6 is 0 Å². The molecule has 7 heteroatoms. The van der Waals surface area contributed by atoms with Crippen LogP contribution in [-0.4, -0.2) is 58.2 Å². The van der Waals surface area contributed by atoms with E-state index in [0.717, 1.165) is 0 Å². The third-order valence-corrected chi connectivity index (χ3v) is 2.28. The third-order valence-electron chi connectivity index (χ3n) is 2.28. The maximum atomic E-state index is 11.3.